The highest BCUT2D eigenvalue weighted by atomic mass is 35.5. The molecule has 2 aromatic heterocycles. The molecule has 122 valence electrons. The number of pyridine rings is 1. The van der Waals surface area contributed by atoms with Crippen molar-refractivity contribution in [3.63, 3.8) is 0 Å². The van der Waals surface area contributed by atoms with Crippen molar-refractivity contribution in [1.82, 2.24) is 19.9 Å². The second-order valence-corrected chi connectivity index (χ2v) is 5.53. The van der Waals surface area contributed by atoms with Gasteiger partial charge in [0, 0.05) is 35.7 Å². The summed E-state index contributed by atoms with van der Waals surface area (Å²) in [7, 11) is 0. The van der Waals surface area contributed by atoms with E-state index < -0.39 is 6.10 Å². The number of carbonyl (C=O) groups excluding carboxylic acids is 1. The third-order valence-corrected chi connectivity index (χ3v) is 3.84. The van der Waals surface area contributed by atoms with Crippen LogP contribution in [0.2, 0.25) is 5.02 Å². The van der Waals surface area contributed by atoms with Crippen molar-refractivity contribution in [3.05, 3.63) is 77.5 Å². The summed E-state index contributed by atoms with van der Waals surface area (Å²) in [6.45, 7) is 0.0613. The van der Waals surface area contributed by atoms with Crippen molar-refractivity contribution in [2.45, 2.75) is 6.10 Å². The van der Waals surface area contributed by atoms with Crippen molar-refractivity contribution in [2.24, 2.45) is 0 Å². The van der Waals surface area contributed by atoms with Crippen LogP contribution in [0.3, 0.4) is 0 Å². The summed E-state index contributed by atoms with van der Waals surface area (Å²) in [5.74, 6) is 0.353. The minimum Gasteiger partial charge on any atom is -0.387 e. The molecule has 0 fully saturated rings. The van der Waals surface area contributed by atoms with Crippen molar-refractivity contribution in [2.75, 3.05) is 6.54 Å². The number of imidazole rings is 1. The van der Waals surface area contributed by atoms with E-state index in [-0.39, 0.29) is 12.5 Å². The standard InChI is InChI=1S/C17H15ClN4O2/c18-14-4-2-1-3-13(14)15(23)10-21-17(24)12-5-6-16(20-9-12)22-8-7-19-11-22/h1-9,11,15,23H,10H2,(H,21,24). The zero-order valence-corrected chi connectivity index (χ0v) is 13.4. The van der Waals surface area contributed by atoms with E-state index in [1.807, 2.05) is 0 Å². The van der Waals surface area contributed by atoms with Gasteiger partial charge in [-0.05, 0) is 18.2 Å². The molecule has 0 aliphatic carbocycles. The summed E-state index contributed by atoms with van der Waals surface area (Å²) in [5.41, 5.74) is 0.985. The Bertz CT molecular complexity index is 819. The quantitative estimate of drug-likeness (QED) is 0.746. The van der Waals surface area contributed by atoms with Gasteiger partial charge in [0.15, 0.2) is 0 Å². The van der Waals surface area contributed by atoms with Crippen molar-refractivity contribution in [3.8, 4) is 5.82 Å². The number of hydrogen-bond acceptors (Lipinski definition) is 4. The van der Waals surface area contributed by atoms with Gasteiger partial charge < -0.3 is 10.4 Å². The lowest BCUT2D eigenvalue weighted by molar-refractivity contribution is 0.0916. The van der Waals surface area contributed by atoms with Gasteiger partial charge in [0.2, 0.25) is 0 Å². The number of amides is 1. The molecule has 3 aromatic rings. The van der Waals surface area contributed by atoms with Gasteiger partial charge in [-0.25, -0.2) is 9.97 Å². The molecule has 3 rings (SSSR count). The number of benzene rings is 1. The van der Waals surface area contributed by atoms with Crippen LogP contribution in [0, 0.1) is 0 Å². The first-order valence-corrected chi connectivity index (χ1v) is 7.68. The lowest BCUT2D eigenvalue weighted by atomic mass is 10.1. The number of carbonyl (C=O) groups is 1. The molecule has 1 atom stereocenters. The maximum atomic E-state index is 12.1. The monoisotopic (exact) mass is 342 g/mol. The van der Waals surface area contributed by atoms with E-state index in [4.69, 9.17) is 11.6 Å². The van der Waals surface area contributed by atoms with Gasteiger partial charge >= 0.3 is 0 Å². The number of nitrogens with zero attached hydrogens (tertiary/aromatic N) is 3. The van der Waals surface area contributed by atoms with Gasteiger partial charge in [-0.2, -0.15) is 0 Å². The number of rotatable bonds is 5. The van der Waals surface area contributed by atoms with E-state index in [0.717, 1.165) is 0 Å². The van der Waals surface area contributed by atoms with E-state index in [1.165, 1.54) is 6.20 Å². The van der Waals surface area contributed by atoms with Crippen molar-refractivity contribution in [1.29, 1.82) is 0 Å². The zero-order chi connectivity index (χ0) is 16.9. The molecular weight excluding hydrogens is 328 g/mol. The fraction of sp³-hybridized carbons (Fsp3) is 0.118. The molecule has 0 radical (unpaired) electrons. The van der Waals surface area contributed by atoms with Crippen LogP contribution in [0.1, 0.15) is 22.0 Å². The van der Waals surface area contributed by atoms with Gasteiger partial charge in [-0.1, -0.05) is 29.8 Å². The SMILES string of the molecule is O=C(NCC(O)c1ccccc1Cl)c1ccc(-n2ccnc2)nc1. The van der Waals surface area contributed by atoms with Gasteiger partial charge in [-0.15, -0.1) is 0 Å². The molecule has 1 unspecified atom stereocenters. The zero-order valence-electron chi connectivity index (χ0n) is 12.6. The molecule has 1 aromatic carbocycles. The topological polar surface area (TPSA) is 80.0 Å². The molecule has 2 N–H and O–H groups in total. The fourth-order valence-electron chi connectivity index (χ4n) is 2.21. The number of aliphatic hydroxyl groups is 1. The van der Waals surface area contributed by atoms with E-state index in [9.17, 15) is 9.90 Å². The van der Waals surface area contributed by atoms with Crippen molar-refractivity contribution < 1.29 is 9.90 Å². The Morgan fingerprint density at radius 2 is 2.12 bits per heavy atom. The number of hydrogen-bond donors (Lipinski definition) is 2. The minimum absolute atomic E-state index is 0.0613. The third kappa shape index (κ3) is 3.61. The van der Waals surface area contributed by atoms with Crippen LogP contribution in [0.15, 0.2) is 61.3 Å². The summed E-state index contributed by atoms with van der Waals surface area (Å²) >= 11 is 6.03. The molecule has 0 bridgehead atoms. The molecule has 0 saturated carbocycles. The van der Waals surface area contributed by atoms with E-state index in [2.05, 4.69) is 15.3 Å². The number of aromatic nitrogens is 3. The second-order valence-electron chi connectivity index (χ2n) is 5.12. The first kappa shape index (κ1) is 16.2. The summed E-state index contributed by atoms with van der Waals surface area (Å²) in [6, 6.07) is 10.4. The predicted molar refractivity (Wildman–Crippen MR) is 90.1 cm³/mol. The number of halogens is 1. The van der Waals surface area contributed by atoms with Gasteiger partial charge in [0.1, 0.15) is 12.1 Å². The van der Waals surface area contributed by atoms with Crippen LogP contribution < -0.4 is 5.32 Å². The molecule has 24 heavy (non-hydrogen) atoms. The van der Waals surface area contributed by atoms with Crippen LogP contribution >= 0.6 is 11.6 Å². The Morgan fingerprint density at radius 1 is 1.29 bits per heavy atom. The lowest BCUT2D eigenvalue weighted by Gasteiger charge is -2.13. The highest BCUT2D eigenvalue weighted by Gasteiger charge is 2.13. The third-order valence-electron chi connectivity index (χ3n) is 3.50. The van der Waals surface area contributed by atoms with Crippen LogP contribution in [-0.4, -0.2) is 32.1 Å². The molecular formula is C17H15ClN4O2. The van der Waals surface area contributed by atoms with E-state index in [0.29, 0.717) is 22.0 Å². The van der Waals surface area contributed by atoms with Gasteiger partial charge in [0.05, 0.1) is 11.7 Å². The summed E-state index contributed by atoms with van der Waals surface area (Å²) in [4.78, 5) is 20.3. The summed E-state index contributed by atoms with van der Waals surface area (Å²) < 4.78 is 1.74. The number of aliphatic hydroxyl groups excluding tert-OH is 1. The Morgan fingerprint density at radius 3 is 2.79 bits per heavy atom. The van der Waals surface area contributed by atoms with Crippen LogP contribution in [0.4, 0.5) is 0 Å². The fourth-order valence-corrected chi connectivity index (χ4v) is 2.48. The largest absolute Gasteiger partial charge is 0.387 e. The first-order valence-electron chi connectivity index (χ1n) is 7.30. The second kappa shape index (κ2) is 7.25. The smallest absolute Gasteiger partial charge is 0.252 e. The maximum absolute atomic E-state index is 12.1. The average molecular weight is 343 g/mol. The van der Waals surface area contributed by atoms with Crippen molar-refractivity contribution >= 4 is 17.5 Å². The van der Waals surface area contributed by atoms with Crippen LogP contribution in [-0.2, 0) is 0 Å². The summed E-state index contributed by atoms with van der Waals surface area (Å²) in [6.07, 6.45) is 5.65. The van der Waals surface area contributed by atoms with Crippen LogP contribution in [0.25, 0.3) is 5.82 Å². The highest BCUT2D eigenvalue weighted by Crippen LogP contribution is 2.21. The molecule has 0 aliphatic heterocycles. The van der Waals surface area contributed by atoms with E-state index in [1.54, 1.807) is 59.7 Å². The van der Waals surface area contributed by atoms with E-state index >= 15 is 0 Å². The number of nitrogens with one attached hydrogen (secondary N) is 1. The van der Waals surface area contributed by atoms with Gasteiger partial charge in [0.25, 0.3) is 5.91 Å². The average Bonchev–Trinajstić information content (AvgIpc) is 3.14. The predicted octanol–water partition coefficient (Wildman–Crippen LogP) is 2.38. The molecule has 7 heteroatoms. The van der Waals surface area contributed by atoms with Gasteiger partial charge in [-0.3, -0.25) is 9.36 Å². The van der Waals surface area contributed by atoms with Crippen LogP contribution in [0.5, 0.6) is 0 Å². The lowest BCUT2D eigenvalue weighted by Crippen LogP contribution is -2.28. The normalized spacial score (nSPS) is 11.9. The molecule has 0 aliphatic rings. The maximum Gasteiger partial charge on any atom is 0.252 e. The highest BCUT2D eigenvalue weighted by molar-refractivity contribution is 6.31. The Labute approximate surface area is 143 Å². The molecule has 0 spiro atoms. The molecule has 0 saturated heterocycles. The molecule has 6 nitrogen and oxygen atoms in total. The minimum atomic E-state index is -0.874. The first-order chi connectivity index (χ1) is 11.6. The molecule has 1 amide bonds. The Balaban J connectivity index is 1.62. The Hall–Kier alpha value is -2.70. The summed E-state index contributed by atoms with van der Waals surface area (Å²) in [5, 5.41) is 13.3. The molecule has 2 heterocycles. The Kier molecular flexibility index (Phi) is 4.88.